The number of hydrogen-bond acceptors (Lipinski definition) is 3. The van der Waals surface area contributed by atoms with E-state index in [1.54, 1.807) is 0 Å². The summed E-state index contributed by atoms with van der Waals surface area (Å²) in [4.78, 5) is -0.591. The second-order valence-corrected chi connectivity index (χ2v) is 7.13. The third-order valence-corrected chi connectivity index (χ3v) is 5.77. The normalized spacial score (nSPS) is 23.1. The maximum absolute atomic E-state index is 13.3. The van der Waals surface area contributed by atoms with Crippen LogP contribution in [0.5, 0.6) is 0 Å². The van der Waals surface area contributed by atoms with Gasteiger partial charge in [0, 0.05) is 19.1 Å². The molecule has 0 aliphatic carbocycles. The molecule has 0 bridgehead atoms. The first-order chi connectivity index (χ1) is 9.78. The van der Waals surface area contributed by atoms with Gasteiger partial charge in [0.15, 0.2) is 17.5 Å². The summed E-state index contributed by atoms with van der Waals surface area (Å²) in [7, 11) is -4.11. The van der Waals surface area contributed by atoms with Gasteiger partial charge >= 0.3 is 0 Å². The summed E-state index contributed by atoms with van der Waals surface area (Å²) < 4.78 is 65.7. The Balaban J connectivity index is 0.00000242. The van der Waals surface area contributed by atoms with Crippen molar-refractivity contribution in [3.63, 3.8) is 0 Å². The van der Waals surface area contributed by atoms with Crippen LogP contribution < -0.4 is 5.73 Å². The summed E-state index contributed by atoms with van der Waals surface area (Å²) in [6, 6.07) is 0.571. The van der Waals surface area contributed by atoms with Crippen LogP contribution in [0.1, 0.15) is 19.8 Å². The molecule has 0 saturated carbocycles. The van der Waals surface area contributed by atoms with Gasteiger partial charge in [0.05, 0.1) is 4.90 Å². The number of nitrogens with zero attached hydrogens (tertiary/aromatic N) is 1. The first kappa shape index (κ1) is 19.2. The number of sulfonamides is 1. The molecule has 126 valence electrons. The largest absolute Gasteiger partial charge is 0.329 e. The fourth-order valence-corrected chi connectivity index (χ4v) is 4.47. The predicted octanol–water partition coefficient (Wildman–Crippen LogP) is 2.27. The van der Waals surface area contributed by atoms with Crippen LogP contribution in [-0.2, 0) is 10.0 Å². The zero-order chi connectivity index (χ0) is 15.8. The van der Waals surface area contributed by atoms with E-state index in [9.17, 15) is 21.6 Å². The predicted molar refractivity (Wildman–Crippen MR) is 78.7 cm³/mol. The van der Waals surface area contributed by atoms with Gasteiger partial charge in [-0.05, 0) is 30.9 Å². The first-order valence-electron chi connectivity index (χ1n) is 6.65. The van der Waals surface area contributed by atoms with Gasteiger partial charge in [0.25, 0.3) is 0 Å². The fraction of sp³-hybridized carbons (Fsp3) is 0.538. The first-order valence-corrected chi connectivity index (χ1v) is 8.09. The molecule has 1 saturated heterocycles. The highest BCUT2D eigenvalue weighted by Crippen LogP contribution is 2.29. The van der Waals surface area contributed by atoms with E-state index in [1.165, 1.54) is 0 Å². The van der Waals surface area contributed by atoms with Crippen LogP contribution >= 0.6 is 12.4 Å². The number of hydrogen-bond donors (Lipinski definition) is 1. The fourth-order valence-electron chi connectivity index (χ4n) is 2.68. The van der Waals surface area contributed by atoms with Crippen molar-refractivity contribution in [1.82, 2.24) is 4.31 Å². The molecule has 9 heteroatoms. The summed E-state index contributed by atoms with van der Waals surface area (Å²) in [5.74, 6) is -4.68. The number of piperidine rings is 1. The van der Waals surface area contributed by atoms with Crippen molar-refractivity contribution in [3.8, 4) is 0 Å². The van der Waals surface area contributed by atoms with Crippen LogP contribution in [0.4, 0.5) is 13.2 Å². The van der Waals surface area contributed by atoms with Gasteiger partial charge in [-0.15, -0.1) is 12.4 Å². The Morgan fingerprint density at radius 3 is 2.32 bits per heavy atom. The van der Waals surface area contributed by atoms with E-state index in [0.717, 1.165) is 10.7 Å². The lowest BCUT2D eigenvalue weighted by atomic mass is 9.93. The van der Waals surface area contributed by atoms with E-state index in [-0.39, 0.29) is 31.4 Å². The van der Waals surface area contributed by atoms with Crippen molar-refractivity contribution in [3.05, 3.63) is 29.6 Å². The van der Waals surface area contributed by atoms with E-state index in [0.29, 0.717) is 18.6 Å². The summed E-state index contributed by atoms with van der Waals surface area (Å²) in [5.41, 5.74) is 5.63. The van der Waals surface area contributed by atoms with Gasteiger partial charge in [-0.3, -0.25) is 0 Å². The molecule has 4 nitrogen and oxygen atoms in total. The van der Waals surface area contributed by atoms with Gasteiger partial charge in [0.2, 0.25) is 10.0 Å². The third kappa shape index (κ3) is 3.40. The molecule has 1 aromatic rings. The lowest BCUT2D eigenvalue weighted by Crippen LogP contribution is -2.51. The van der Waals surface area contributed by atoms with Crippen molar-refractivity contribution in [2.75, 3.05) is 13.1 Å². The van der Waals surface area contributed by atoms with Gasteiger partial charge in [-0.2, -0.15) is 4.31 Å². The number of halogens is 4. The molecule has 0 spiro atoms. The summed E-state index contributed by atoms with van der Waals surface area (Å²) in [5, 5.41) is 0. The van der Waals surface area contributed by atoms with Crippen LogP contribution in [0.3, 0.4) is 0 Å². The summed E-state index contributed by atoms with van der Waals surface area (Å²) in [6.07, 6.45) is 1.48. The lowest BCUT2D eigenvalue weighted by molar-refractivity contribution is 0.192. The van der Waals surface area contributed by atoms with Crippen LogP contribution in [0.25, 0.3) is 0 Å². The van der Waals surface area contributed by atoms with Crippen molar-refractivity contribution in [1.29, 1.82) is 0 Å². The maximum Gasteiger partial charge on any atom is 0.243 e. The average Bonchev–Trinajstić information content (AvgIpc) is 2.43. The van der Waals surface area contributed by atoms with Crippen LogP contribution in [0.2, 0.25) is 0 Å². The van der Waals surface area contributed by atoms with Crippen LogP contribution in [-0.4, -0.2) is 31.9 Å². The lowest BCUT2D eigenvalue weighted by Gasteiger charge is -2.38. The molecular formula is C13H18ClF3N2O2S. The molecule has 0 radical (unpaired) electrons. The minimum absolute atomic E-state index is 0. The molecule has 2 atom stereocenters. The Bertz CT molecular complexity index is 619. The SMILES string of the molecule is CC1CCCN(S(=O)(=O)c2cc(F)c(F)c(F)c2)C1CN.Cl. The quantitative estimate of drug-likeness (QED) is 0.843. The molecule has 0 aromatic heterocycles. The van der Waals surface area contributed by atoms with E-state index in [4.69, 9.17) is 5.73 Å². The van der Waals surface area contributed by atoms with E-state index in [2.05, 4.69) is 0 Å². The molecule has 1 aliphatic rings. The zero-order valence-corrected chi connectivity index (χ0v) is 13.6. The van der Waals surface area contributed by atoms with Gasteiger partial charge in [-0.1, -0.05) is 6.92 Å². The highest BCUT2D eigenvalue weighted by molar-refractivity contribution is 7.89. The zero-order valence-electron chi connectivity index (χ0n) is 11.9. The Labute approximate surface area is 133 Å². The van der Waals surface area contributed by atoms with E-state index < -0.39 is 38.4 Å². The molecule has 22 heavy (non-hydrogen) atoms. The van der Waals surface area contributed by atoms with Crippen molar-refractivity contribution in [2.24, 2.45) is 11.7 Å². The second-order valence-electron chi connectivity index (χ2n) is 5.24. The monoisotopic (exact) mass is 358 g/mol. The Morgan fingerprint density at radius 2 is 1.82 bits per heavy atom. The van der Waals surface area contributed by atoms with Gasteiger partial charge in [0.1, 0.15) is 0 Å². The van der Waals surface area contributed by atoms with Crippen LogP contribution in [0.15, 0.2) is 17.0 Å². The van der Waals surface area contributed by atoms with Crippen molar-refractivity contribution in [2.45, 2.75) is 30.7 Å². The summed E-state index contributed by atoms with van der Waals surface area (Å²) in [6.45, 7) is 2.23. The molecule has 1 heterocycles. The molecule has 2 rings (SSSR count). The minimum Gasteiger partial charge on any atom is -0.329 e. The highest BCUT2D eigenvalue weighted by Gasteiger charge is 2.37. The van der Waals surface area contributed by atoms with E-state index in [1.807, 2.05) is 6.92 Å². The second kappa shape index (κ2) is 7.16. The Morgan fingerprint density at radius 1 is 1.27 bits per heavy atom. The topological polar surface area (TPSA) is 63.4 Å². The third-order valence-electron chi connectivity index (χ3n) is 3.87. The highest BCUT2D eigenvalue weighted by atomic mass is 35.5. The van der Waals surface area contributed by atoms with Crippen molar-refractivity contribution >= 4 is 22.4 Å². The van der Waals surface area contributed by atoms with E-state index >= 15 is 0 Å². The number of rotatable bonds is 3. The van der Waals surface area contributed by atoms with Gasteiger partial charge < -0.3 is 5.73 Å². The van der Waals surface area contributed by atoms with Crippen molar-refractivity contribution < 1.29 is 21.6 Å². The maximum atomic E-state index is 13.3. The molecule has 1 aromatic carbocycles. The molecule has 0 amide bonds. The number of nitrogens with two attached hydrogens (primary N) is 1. The minimum atomic E-state index is -4.11. The molecule has 2 N–H and O–H groups in total. The molecular weight excluding hydrogens is 341 g/mol. The molecule has 2 unspecified atom stereocenters. The van der Waals surface area contributed by atoms with Crippen LogP contribution in [0, 0.1) is 23.4 Å². The summed E-state index contributed by atoms with van der Waals surface area (Å²) >= 11 is 0. The molecule has 1 aliphatic heterocycles. The smallest absolute Gasteiger partial charge is 0.243 e. The standard InChI is InChI=1S/C13H17F3N2O2S.ClH/c1-8-3-2-4-18(12(8)7-17)21(19,20)9-5-10(14)13(16)11(15)6-9;/h5-6,8,12H,2-4,7,17H2,1H3;1H. The molecule has 1 fully saturated rings. The number of benzene rings is 1. The Hall–Kier alpha value is -0.830. The Kier molecular flexibility index (Phi) is 6.26. The van der Waals surface area contributed by atoms with Gasteiger partial charge in [-0.25, -0.2) is 21.6 Å². The average molecular weight is 359 g/mol.